The Balaban J connectivity index is 1.40. The normalized spacial score (nSPS) is 18.4. The highest BCUT2D eigenvalue weighted by Crippen LogP contribution is 2.25. The van der Waals surface area contributed by atoms with Crippen LogP contribution in [0.15, 0.2) is 83.8 Å². The van der Waals surface area contributed by atoms with Crippen LogP contribution in [-0.2, 0) is 14.8 Å². The average Bonchev–Trinajstić information content (AvgIpc) is 2.85. The minimum atomic E-state index is -3.84. The van der Waals surface area contributed by atoms with E-state index in [9.17, 15) is 13.2 Å². The molecular weight excluding hydrogens is 505 g/mol. The number of carbonyl (C=O) groups excluding carboxylic acids is 1. The average molecular weight is 532 g/mol. The Morgan fingerprint density at radius 3 is 2.06 bits per heavy atom. The molecule has 0 bridgehead atoms. The van der Waals surface area contributed by atoms with E-state index in [1.807, 2.05) is 36.4 Å². The zero-order valence-electron chi connectivity index (χ0n) is 19.0. The van der Waals surface area contributed by atoms with Gasteiger partial charge in [-0.1, -0.05) is 83.9 Å². The molecule has 0 radical (unpaired) electrons. The predicted octanol–water partition coefficient (Wildman–Crippen LogP) is 4.20. The minimum Gasteiger partial charge on any atom is -0.355 e. The van der Waals surface area contributed by atoms with E-state index in [0.717, 1.165) is 11.1 Å². The Hall–Kier alpha value is -2.42. The summed E-state index contributed by atoms with van der Waals surface area (Å²) < 4.78 is 28.4. The van der Waals surface area contributed by atoms with Gasteiger partial charge in [0.05, 0.1) is 10.8 Å². The van der Waals surface area contributed by atoms with Gasteiger partial charge in [0, 0.05) is 41.6 Å². The minimum absolute atomic E-state index is 0.00450. The van der Waals surface area contributed by atoms with E-state index >= 15 is 0 Å². The summed E-state index contributed by atoms with van der Waals surface area (Å²) in [7, 11) is -3.84. The third kappa shape index (κ3) is 6.84. The van der Waals surface area contributed by atoms with Crippen molar-refractivity contribution >= 4 is 39.1 Å². The van der Waals surface area contributed by atoms with E-state index in [0.29, 0.717) is 26.1 Å². The van der Waals surface area contributed by atoms with Crippen molar-refractivity contribution in [3.05, 3.63) is 100 Å². The van der Waals surface area contributed by atoms with Crippen molar-refractivity contribution in [3.63, 3.8) is 0 Å². The number of sulfonamides is 1. The number of nitrogens with one attached hydrogen (secondary N) is 3. The molecule has 4 rings (SSSR count). The van der Waals surface area contributed by atoms with Crippen LogP contribution in [0.4, 0.5) is 0 Å². The van der Waals surface area contributed by atoms with Gasteiger partial charge < -0.3 is 10.6 Å². The monoisotopic (exact) mass is 531 g/mol. The van der Waals surface area contributed by atoms with E-state index in [1.54, 1.807) is 0 Å². The molecule has 2 unspecified atom stereocenters. The molecule has 35 heavy (non-hydrogen) atoms. The van der Waals surface area contributed by atoms with Crippen LogP contribution in [0, 0.1) is 5.92 Å². The van der Waals surface area contributed by atoms with Gasteiger partial charge in [0.1, 0.15) is 0 Å². The fourth-order valence-corrected chi connectivity index (χ4v) is 6.32. The van der Waals surface area contributed by atoms with Crippen molar-refractivity contribution in [2.75, 3.05) is 19.6 Å². The number of halogens is 2. The molecule has 6 nitrogen and oxygen atoms in total. The highest BCUT2D eigenvalue weighted by molar-refractivity contribution is 7.89. The number of rotatable bonds is 8. The Bertz CT molecular complexity index is 1200. The lowest BCUT2D eigenvalue weighted by molar-refractivity contribution is -0.125. The molecule has 3 aromatic rings. The molecule has 0 spiro atoms. The maximum Gasteiger partial charge on any atom is 0.240 e. The van der Waals surface area contributed by atoms with Gasteiger partial charge in [-0.05, 0) is 35.7 Å². The van der Waals surface area contributed by atoms with Gasteiger partial charge in [-0.3, -0.25) is 4.79 Å². The third-order valence-corrected chi connectivity index (χ3v) is 8.01. The lowest BCUT2D eigenvalue weighted by atomic mass is 9.90. The van der Waals surface area contributed by atoms with Crippen molar-refractivity contribution in [1.82, 2.24) is 15.4 Å². The maximum atomic E-state index is 13.1. The van der Waals surface area contributed by atoms with Gasteiger partial charge in [0.15, 0.2) is 0 Å². The van der Waals surface area contributed by atoms with Crippen LogP contribution in [0.1, 0.15) is 23.5 Å². The van der Waals surface area contributed by atoms with E-state index in [2.05, 4.69) is 39.6 Å². The standard InChI is InChI=1S/C26H27Cl2N3O3S/c27-21-12-22(28)14-24(13-21)35(33,34)31-23-11-20(15-29-16-23)26(32)30-17-25(18-7-3-1-4-8-18)19-9-5-2-6-10-19/h1-10,12-14,20,23,25,29,31H,11,15-17H2,(H,30,32). The molecule has 3 N–H and O–H groups in total. The van der Waals surface area contributed by atoms with E-state index < -0.39 is 16.1 Å². The molecule has 0 aliphatic carbocycles. The second-order valence-corrected chi connectivity index (χ2v) is 11.2. The summed E-state index contributed by atoms with van der Waals surface area (Å²) in [5.41, 5.74) is 2.23. The molecule has 1 heterocycles. The van der Waals surface area contributed by atoms with Crippen LogP contribution in [0.5, 0.6) is 0 Å². The summed E-state index contributed by atoms with van der Waals surface area (Å²) in [4.78, 5) is 13.1. The van der Waals surface area contributed by atoms with Crippen LogP contribution < -0.4 is 15.4 Å². The molecule has 1 aliphatic heterocycles. The highest BCUT2D eigenvalue weighted by Gasteiger charge is 2.30. The Morgan fingerprint density at radius 1 is 0.914 bits per heavy atom. The highest BCUT2D eigenvalue weighted by atomic mass is 35.5. The summed E-state index contributed by atoms with van der Waals surface area (Å²) in [6, 6.07) is 23.8. The van der Waals surface area contributed by atoms with Crippen LogP contribution >= 0.6 is 23.2 Å². The molecule has 2 atom stereocenters. The van der Waals surface area contributed by atoms with Gasteiger partial charge in [-0.2, -0.15) is 0 Å². The van der Waals surface area contributed by atoms with E-state index in [1.165, 1.54) is 18.2 Å². The lowest BCUT2D eigenvalue weighted by Gasteiger charge is -2.30. The molecule has 1 aliphatic rings. The summed E-state index contributed by atoms with van der Waals surface area (Å²) in [5, 5.41) is 6.74. The van der Waals surface area contributed by atoms with Gasteiger partial charge in [-0.15, -0.1) is 0 Å². The SMILES string of the molecule is O=C(NCC(c1ccccc1)c1ccccc1)C1CNCC(NS(=O)(=O)c2cc(Cl)cc(Cl)c2)C1. The summed E-state index contributed by atoms with van der Waals surface area (Å²) >= 11 is 11.9. The summed E-state index contributed by atoms with van der Waals surface area (Å²) in [5.74, 6) is -0.463. The molecule has 0 aromatic heterocycles. The van der Waals surface area contributed by atoms with Gasteiger partial charge >= 0.3 is 0 Å². The van der Waals surface area contributed by atoms with Gasteiger partial charge in [-0.25, -0.2) is 13.1 Å². The lowest BCUT2D eigenvalue weighted by Crippen LogP contribution is -2.52. The van der Waals surface area contributed by atoms with Gasteiger partial charge in [0.2, 0.25) is 15.9 Å². The molecule has 1 saturated heterocycles. The van der Waals surface area contributed by atoms with Gasteiger partial charge in [0.25, 0.3) is 0 Å². The quantitative estimate of drug-likeness (QED) is 0.406. The second kappa shape index (κ2) is 11.5. The molecule has 3 aromatic carbocycles. The first-order valence-corrected chi connectivity index (χ1v) is 13.6. The first-order chi connectivity index (χ1) is 16.8. The summed E-state index contributed by atoms with van der Waals surface area (Å²) in [6.45, 7) is 1.35. The fraction of sp³-hybridized carbons (Fsp3) is 0.269. The van der Waals surface area contributed by atoms with E-state index in [-0.39, 0.29) is 32.7 Å². The zero-order chi connectivity index (χ0) is 24.8. The number of hydrogen-bond donors (Lipinski definition) is 3. The smallest absolute Gasteiger partial charge is 0.240 e. The Morgan fingerprint density at radius 2 is 1.49 bits per heavy atom. The first-order valence-electron chi connectivity index (χ1n) is 11.4. The molecule has 9 heteroatoms. The Kier molecular flexibility index (Phi) is 8.46. The molecular formula is C26H27Cl2N3O3S. The topological polar surface area (TPSA) is 87.3 Å². The fourth-order valence-electron chi connectivity index (χ4n) is 4.35. The number of benzene rings is 3. The molecule has 184 valence electrons. The van der Waals surface area contributed by atoms with Crippen LogP contribution in [0.2, 0.25) is 10.0 Å². The zero-order valence-corrected chi connectivity index (χ0v) is 21.3. The van der Waals surface area contributed by atoms with Crippen LogP contribution in [0.3, 0.4) is 0 Å². The summed E-state index contributed by atoms with van der Waals surface area (Å²) in [6.07, 6.45) is 0.383. The number of carbonyl (C=O) groups is 1. The Labute approximate surface area is 216 Å². The van der Waals surface area contributed by atoms with Crippen molar-refractivity contribution in [2.45, 2.75) is 23.3 Å². The largest absolute Gasteiger partial charge is 0.355 e. The second-order valence-electron chi connectivity index (χ2n) is 8.63. The molecule has 1 amide bonds. The third-order valence-electron chi connectivity index (χ3n) is 6.07. The number of amides is 1. The van der Waals surface area contributed by atoms with Crippen molar-refractivity contribution < 1.29 is 13.2 Å². The first kappa shape index (κ1) is 25.7. The predicted molar refractivity (Wildman–Crippen MR) is 139 cm³/mol. The van der Waals surface area contributed by atoms with Crippen LogP contribution in [0.25, 0.3) is 0 Å². The van der Waals surface area contributed by atoms with Crippen molar-refractivity contribution in [2.24, 2.45) is 5.92 Å². The van der Waals surface area contributed by atoms with E-state index in [4.69, 9.17) is 23.2 Å². The molecule has 0 saturated carbocycles. The maximum absolute atomic E-state index is 13.1. The number of piperidine rings is 1. The van der Waals surface area contributed by atoms with Crippen molar-refractivity contribution in [3.8, 4) is 0 Å². The molecule has 1 fully saturated rings. The number of hydrogen-bond acceptors (Lipinski definition) is 4. The van der Waals surface area contributed by atoms with Crippen molar-refractivity contribution in [1.29, 1.82) is 0 Å². The van der Waals surface area contributed by atoms with Crippen LogP contribution in [-0.4, -0.2) is 40.0 Å².